The number of thiophene rings is 1. The number of hydrogen-bond acceptors (Lipinski definition) is 5. The van der Waals surface area contributed by atoms with Crippen molar-refractivity contribution in [2.45, 2.75) is 31.1 Å². The van der Waals surface area contributed by atoms with E-state index >= 15 is 0 Å². The Morgan fingerprint density at radius 3 is 2.56 bits per heavy atom. The Bertz CT molecular complexity index is 1160. The smallest absolute Gasteiger partial charge is 0.243 e. The zero-order chi connectivity index (χ0) is 22.6. The van der Waals surface area contributed by atoms with Crippen LogP contribution >= 0.6 is 11.3 Å². The Hall–Kier alpha value is -2.42. The number of ether oxygens (including phenoxy) is 1. The molecule has 1 N–H and O–H groups in total. The third-order valence-corrected chi connectivity index (χ3v) is 8.78. The van der Waals surface area contributed by atoms with E-state index in [9.17, 15) is 13.2 Å². The number of piperidine rings is 1. The molecule has 0 spiro atoms. The van der Waals surface area contributed by atoms with Crippen LogP contribution in [0, 0.1) is 5.92 Å². The third-order valence-electron chi connectivity index (χ3n) is 5.85. The summed E-state index contributed by atoms with van der Waals surface area (Å²) in [6.45, 7) is 3.70. The average Bonchev–Trinajstić information content (AvgIpc) is 3.23. The van der Waals surface area contributed by atoms with Crippen molar-refractivity contribution in [2.24, 2.45) is 5.92 Å². The fourth-order valence-electron chi connectivity index (χ4n) is 4.07. The molecule has 170 valence electrons. The quantitative estimate of drug-likeness (QED) is 0.536. The first-order valence-corrected chi connectivity index (χ1v) is 13.3. The van der Waals surface area contributed by atoms with Crippen LogP contribution in [0.5, 0.6) is 5.75 Å². The normalized spacial score (nSPS) is 15.7. The van der Waals surface area contributed by atoms with Crippen LogP contribution in [0.4, 0.5) is 0 Å². The van der Waals surface area contributed by atoms with Crippen molar-refractivity contribution in [1.82, 2.24) is 9.62 Å². The molecule has 0 radical (unpaired) electrons. The van der Waals surface area contributed by atoms with Gasteiger partial charge in [0, 0.05) is 30.3 Å². The van der Waals surface area contributed by atoms with E-state index in [0.717, 1.165) is 6.42 Å². The Morgan fingerprint density at radius 1 is 1.12 bits per heavy atom. The number of fused-ring (bicyclic) bond motifs is 1. The van der Waals surface area contributed by atoms with Crippen LogP contribution < -0.4 is 10.1 Å². The van der Waals surface area contributed by atoms with Crippen molar-refractivity contribution in [3.05, 3.63) is 59.5 Å². The molecule has 2 aromatic carbocycles. The van der Waals surface area contributed by atoms with Gasteiger partial charge in [0.05, 0.1) is 11.5 Å². The molecule has 32 heavy (non-hydrogen) atoms. The van der Waals surface area contributed by atoms with Crippen LogP contribution in [-0.2, 0) is 21.2 Å². The number of nitrogens with one attached hydrogen (secondary N) is 1. The Kier molecular flexibility index (Phi) is 7.13. The van der Waals surface area contributed by atoms with E-state index < -0.39 is 10.0 Å². The van der Waals surface area contributed by atoms with Crippen LogP contribution in [0.2, 0.25) is 0 Å². The topological polar surface area (TPSA) is 75.7 Å². The second-order valence-corrected chi connectivity index (χ2v) is 10.7. The number of hydrogen-bond donors (Lipinski definition) is 1. The van der Waals surface area contributed by atoms with Crippen LogP contribution in [0.1, 0.15) is 25.3 Å². The van der Waals surface area contributed by atoms with Crippen molar-refractivity contribution in [3.8, 4) is 5.75 Å². The van der Waals surface area contributed by atoms with Gasteiger partial charge in [-0.15, -0.1) is 11.3 Å². The van der Waals surface area contributed by atoms with E-state index in [2.05, 4.69) is 22.8 Å². The van der Waals surface area contributed by atoms with Gasteiger partial charge >= 0.3 is 0 Å². The molecule has 0 bridgehead atoms. The minimum absolute atomic E-state index is 0.0163. The van der Waals surface area contributed by atoms with E-state index in [-0.39, 0.29) is 16.7 Å². The number of sulfonamides is 1. The number of carbonyl (C=O) groups is 1. The summed E-state index contributed by atoms with van der Waals surface area (Å²) >= 11 is 1.72. The molecule has 0 aliphatic carbocycles. The van der Waals surface area contributed by atoms with Gasteiger partial charge in [0.2, 0.25) is 15.9 Å². The molecule has 8 heteroatoms. The summed E-state index contributed by atoms with van der Waals surface area (Å²) in [5.74, 6) is 0.515. The molecule has 1 saturated heterocycles. The molecule has 2 heterocycles. The maximum atomic E-state index is 12.9. The van der Waals surface area contributed by atoms with Gasteiger partial charge in [0.15, 0.2) is 0 Å². The summed E-state index contributed by atoms with van der Waals surface area (Å²) in [4.78, 5) is 12.9. The zero-order valence-electron chi connectivity index (χ0n) is 18.1. The summed E-state index contributed by atoms with van der Waals surface area (Å²) in [7, 11) is -3.56. The predicted octanol–water partition coefficient (Wildman–Crippen LogP) is 4.06. The monoisotopic (exact) mass is 472 g/mol. The minimum Gasteiger partial charge on any atom is -0.494 e. The highest BCUT2D eigenvalue weighted by Crippen LogP contribution is 2.27. The molecular weight excluding hydrogens is 444 g/mol. The predicted molar refractivity (Wildman–Crippen MR) is 128 cm³/mol. The van der Waals surface area contributed by atoms with Crippen molar-refractivity contribution >= 4 is 37.4 Å². The first-order valence-electron chi connectivity index (χ1n) is 10.9. The van der Waals surface area contributed by atoms with Crippen LogP contribution in [0.15, 0.2) is 58.8 Å². The Balaban J connectivity index is 1.27. The van der Waals surface area contributed by atoms with Crippen molar-refractivity contribution < 1.29 is 17.9 Å². The van der Waals surface area contributed by atoms with E-state index in [1.165, 1.54) is 20.0 Å². The van der Waals surface area contributed by atoms with Crippen molar-refractivity contribution in [3.63, 3.8) is 0 Å². The summed E-state index contributed by atoms with van der Waals surface area (Å²) in [6.07, 6.45) is 1.85. The highest BCUT2D eigenvalue weighted by Gasteiger charge is 2.32. The number of benzene rings is 2. The number of rotatable bonds is 8. The molecule has 0 saturated carbocycles. The standard InChI is InChI=1S/C24H28N2O4S2/c1-2-30-20-7-9-21(10-8-20)32(28,29)26-15-12-18(13-16-26)24(27)25-14-11-19-17-31-23-6-4-3-5-22(19)23/h3-10,17-18H,2,11-16H2,1H3,(H,25,27). The first-order chi connectivity index (χ1) is 15.5. The number of carbonyl (C=O) groups excluding carboxylic acids is 1. The van der Waals surface area contributed by atoms with Gasteiger partial charge in [-0.05, 0) is 72.8 Å². The Labute approximate surface area is 193 Å². The summed E-state index contributed by atoms with van der Waals surface area (Å²) in [6, 6.07) is 14.8. The van der Waals surface area contributed by atoms with Gasteiger partial charge in [-0.2, -0.15) is 4.31 Å². The molecule has 0 atom stereocenters. The molecule has 1 aliphatic heterocycles. The highest BCUT2D eigenvalue weighted by molar-refractivity contribution is 7.89. The molecular formula is C24H28N2O4S2. The van der Waals surface area contributed by atoms with Crippen molar-refractivity contribution in [2.75, 3.05) is 26.2 Å². The highest BCUT2D eigenvalue weighted by atomic mass is 32.2. The van der Waals surface area contributed by atoms with Gasteiger partial charge in [0.25, 0.3) is 0 Å². The molecule has 1 aromatic heterocycles. The summed E-state index contributed by atoms with van der Waals surface area (Å²) in [5, 5.41) is 6.45. The van der Waals surface area contributed by atoms with Crippen molar-refractivity contribution in [1.29, 1.82) is 0 Å². The van der Waals surface area contributed by atoms with Gasteiger partial charge in [-0.1, -0.05) is 18.2 Å². The molecule has 4 rings (SSSR count). The lowest BCUT2D eigenvalue weighted by atomic mass is 9.97. The lowest BCUT2D eigenvalue weighted by Gasteiger charge is -2.30. The Morgan fingerprint density at radius 2 is 1.84 bits per heavy atom. The van der Waals surface area contributed by atoms with E-state index in [0.29, 0.717) is 44.8 Å². The van der Waals surface area contributed by atoms with Crippen LogP contribution in [0.25, 0.3) is 10.1 Å². The molecule has 1 aliphatic rings. The third kappa shape index (κ3) is 4.98. The largest absolute Gasteiger partial charge is 0.494 e. The maximum Gasteiger partial charge on any atom is 0.243 e. The lowest BCUT2D eigenvalue weighted by molar-refractivity contribution is -0.126. The van der Waals surface area contributed by atoms with E-state index in [1.807, 2.05) is 19.1 Å². The first kappa shape index (κ1) is 22.8. The number of nitrogens with zero attached hydrogens (tertiary/aromatic N) is 1. The second kappa shape index (κ2) is 10.0. The molecule has 0 unspecified atom stereocenters. The van der Waals surface area contributed by atoms with Gasteiger partial charge in [-0.25, -0.2) is 8.42 Å². The zero-order valence-corrected chi connectivity index (χ0v) is 19.8. The molecule has 3 aromatic rings. The fraction of sp³-hybridized carbons (Fsp3) is 0.375. The van der Waals surface area contributed by atoms with E-state index in [4.69, 9.17) is 4.74 Å². The van der Waals surface area contributed by atoms with Gasteiger partial charge in [0.1, 0.15) is 5.75 Å². The lowest BCUT2D eigenvalue weighted by Crippen LogP contribution is -2.43. The van der Waals surface area contributed by atoms with Crippen LogP contribution in [0.3, 0.4) is 0 Å². The number of amides is 1. The van der Waals surface area contributed by atoms with Crippen LogP contribution in [-0.4, -0.2) is 44.9 Å². The molecule has 6 nitrogen and oxygen atoms in total. The summed E-state index contributed by atoms with van der Waals surface area (Å²) in [5.41, 5.74) is 1.25. The molecule has 1 fully saturated rings. The van der Waals surface area contributed by atoms with Gasteiger partial charge < -0.3 is 10.1 Å². The minimum atomic E-state index is -3.56. The summed E-state index contributed by atoms with van der Waals surface area (Å²) < 4.78 is 34.0. The maximum absolute atomic E-state index is 12.9. The second-order valence-electron chi connectivity index (χ2n) is 7.88. The van der Waals surface area contributed by atoms with E-state index in [1.54, 1.807) is 35.6 Å². The SMILES string of the molecule is CCOc1ccc(S(=O)(=O)N2CCC(C(=O)NCCc3csc4ccccc34)CC2)cc1. The van der Waals surface area contributed by atoms with Gasteiger partial charge in [-0.3, -0.25) is 4.79 Å². The average molecular weight is 473 g/mol. The fourth-order valence-corrected chi connectivity index (χ4v) is 6.54. The molecule has 1 amide bonds.